The van der Waals surface area contributed by atoms with Crippen LogP contribution in [0.2, 0.25) is 0 Å². The van der Waals surface area contributed by atoms with Crippen molar-refractivity contribution in [3.8, 4) is 0 Å². The number of para-hydroxylation sites is 1. The van der Waals surface area contributed by atoms with Crippen molar-refractivity contribution in [2.24, 2.45) is 5.73 Å². The zero-order valence-electron chi connectivity index (χ0n) is 7.12. The molecule has 0 fully saturated rings. The largest absolute Gasteiger partial charge is 0.692 e. The smallest absolute Gasteiger partial charge is 0.351 e. The summed E-state index contributed by atoms with van der Waals surface area (Å²) in [6.07, 6.45) is 0. The molecule has 6 nitrogen and oxygen atoms in total. The lowest BCUT2D eigenvalue weighted by Gasteiger charge is -1.97. The first-order valence-corrected chi connectivity index (χ1v) is 4.65. The minimum atomic E-state index is -2.87. The number of benzene rings is 1. The monoisotopic (exact) mass is 217 g/mol. The zero-order chi connectivity index (χ0) is 11.0. The number of amides is 2. The number of carbonyl (C=O) groups is 1. The first kappa shape index (κ1) is 12.5. The molecule has 0 heterocycles. The molecule has 0 saturated heterocycles. The highest BCUT2D eigenvalue weighted by molar-refractivity contribution is 7.30. The molecule has 0 spiro atoms. The van der Waals surface area contributed by atoms with E-state index in [9.17, 15) is 4.79 Å². The number of carbonyl (C=O) groups excluding carboxylic acids is 1. The van der Waals surface area contributed by atoms with E-state index in [1.165, 1.54) is 0 Å². The second-order valence-electron chi connectivity index (χ2n) is 2.11. The van der Waals surface area contributed by atoms with Gasteiger partial charge in [0, 0.05) is 10.3 Å². The average molecular weight is 217 g/mol. The third-order valence-corrected chi connectivity index (χ3v) is 1.04. The van der Waals surface area contributed by atoms with Crippen LogP contribution in [-0.2, 0) is 4.57 Å². The summed E-state index contributed by atoms with van der Waals surface area (Å²) in [5, 5.41) is 2.44. The quantitative estimate of drug-likeness (QED) is 0.521. The molecule has 7 heteroatoms. The van der Waals surface area contributed by atoms with Gasteiger partial charge in [-0.2, -0.15) is 0 Å². The van der Waals surface area contributed by atoms with Gasteiger partial charge in [-0.25, -0.2) is 4.79 Å². The van der Waals surface area contributed by atoms with Crippen molar-refractivity contribution < 1.29 is 19.1 Å². The van der Waals surface area contributed by atoms with Crippen LogP contribution in [0.1, 0.15) is 0 Å². The van der Waals surface area contributed by atoms with Crippen molar-refractivity contribution in [2.45, 2.75) is 0 Å². The molecule has 0 atom stereocenters. The van der Waals surface area contributed by atoms with Crippen LogP contribution >= 0.6 is 8.25 Å². The van der Waals surface area contributed by atoms with Gasteiger partial charge in [0.05, 0.1) is 0 Å². The molecule has 1 aromatic rings. The number of nitrogens with one attached hydrogen (secondary N) is 1. The van der Waals surface area contributed by atoms with Crippen molar-refractivity contribution in [3.05, 3.63) is 30.3 Å². The minimum Gasteiger partial charge on any atom is -0.351 e. The van der Waals surface area contributed by atoms with Crippen molar-refractivity contribution >= 4 is 20.0 Å². The fourth-order valence-corrected chi connectivity index (χ4v) is 0.664. The van der Waals surface area contributed by atoms with E-state index in [1.54, 1.807) is 12.1 Å². The fraction of sp³-hybridized carbons (Fsp3) is 0. The Morgan fingerprint density at radius 1 is 1.29 bits per heavy atom. The van der Waals surface area contributed by atoms with Crippen LogP contribution in [0.3, 0.4) is 0 Å². The number of urea groups is 1. The van der Waals surface area contributed by atoms with Crippen LogP contribution < -0.4 is 11.1 Å². The van der Waals surface area contributed by atoms with E-state index in [0.29, 0.717) is 0 Å². The lowest BCUT2D eigenvalue weighted by atomic mass is 10.3. The summed E-state index contributed by atoms with van der Waals surface area (Å²) < 4.78 is 8.70. The summed E-state index contributed by atoms with van der Waals surface area (Å²) in [6.45, 7) is 0. The Balaban J connectivity index is 0.000000364. The predicted molar refractivity (Wildman–Crippen MR) is 51.7 cm³/mol. The van der Waals surface area contributed by atoms with Crippen molar-refractivity contribution in [3.63, 3.8) is 0 Å². The lowest BCUT2D eigenvalue weighted by molar-refractivity contribution is 0.259. The SMILES string of the molecule is NC(=O)Nc1ccccc1.O=[P+](O)O. The molecule has 0 saturated carbocycles. The molecule has 76 valence electrons. The lowest BCUT2D eigenvalue weighted by Crippen LogP contribution is -2.18. The van der Waals surface area contributed by atoms with Crippen LogP contribution in [-0.4, -0.2) is 15.8 Å². The Morgan fingerprint density at radius 3 is 2.07 bits per heavy atom. The van der Waals surface area contributed by atoms with Gasteiger partial charge in [-0.05, 0) is 12.1 Å². The second-order valence-corrected chi connectivity index (χ2v) is 2.61. The molecular formula is C7H10N2O4P+. The topological polar surface area (TPSA) is 113 Å². The second kappa shape index (κ2) is 6.97. The van der Waals surface area contributed by atoms with Crippen LogP contribution in [0, 0.1) is 0 Å². The molecule has 0 aliphatic carbocycles. The highest BCUT2D eigenvalue weighted by Crippen LogP contribution is 2.03. The Kier molecular flexibility index (Phi) is 6.22. The normalized spacial score (nSPS) is 8.14. The summed E-state index contributed by atoms with van der Waals surface area (Å²) in [7, 11) is -2.87. The van der Waals surface area contributed by atoms with Gasteiger partial charge in [0.2, 0.25) is 0 Å². The molecule has 0 radical (unpaired) electrons. The van der Waals surface area contributed by atoms with Gasteiger partial charge >= 0.3 is 14.3 Å². The van der Waals surface area contributed by atoms with Crippen molar-refractivity contribution in [1.82, 2.24) is 0 Å². The summed E-state index contributed by atoms with van der Waals surface area (Å²) >= 11 is 0. The zero-order valence-corrected chi connectivity index (χ0v) is 8.02. The van der Waals surface area contributed by atoms with Crippen LogP contribution in [0.4, 0.5) is 10.5 Å². The Hall–Kier alpha value is -1.49. The Bertz CT molecular complexity index is 300. The maximum absolute atomic E-state index is 10.3. The number of hydrogen-bond donors (Lipinski definition) is 4. The number of anilines is 1. The van der Waals surface area contributed by atoms with Crippen LogP contribution in [0.25, 0.3) is 0 Å². The van der Waals surface area contributed by atoms with E-state index in [0.717, 1.165) is 5.69 Å². The van der Waals surface area contributed by atoms with E-state index in [1.807, 2.05) is 18.2 Å². The van der Waals surface area contributed by atoms with Crippen LogP contribution in [0.5, 0.6) is 0 Å². The summed E-state index contributed by atoms with van der Waals surface area (Å²) in [4.78, 5) is 24.5. The van der Waals surface area contributed by atoms with E-state index in [4.69, 9.17) is 20.1 Å². The van der Waals surface area contributed by atoms with E-state index in [-0.39, 0.29) is 0 Å². The third-order valence-electron chi connectivity index (χ3n) is 1.04. The summed E-state index contributed by atoms with van der Waals surface area (Å²) in [6, 6.07) is 8.52. The first-order valence-electron chi connectivity index (χ1n) is 3.49. The predicted octanol–water partition coefficient (Wildman–Crippen LogP) is 0.806. The van der Waals surface area contributed by atoms with Gasteiger partial charge < -0.3 is 11.1 Å². The number of hydrogen-bond acceptors (Lipinski definition) is 2. The molecule has 5 N–H and O–H groups in total. The number of nitrogens with two attached hydrogens (primary N) is 1. The molecule has 1 aromatic carbocycles. The van der Waals surface area contributed by atoms with E-state index in [2.05, 4.69) is 5.32 Å². The van der Waals surface area contributed by atoms with Gasteiger partial charge in [0.15, 0.2) is 0 Å². The number of rotatable bonds is 1. The summed E-state index contributed by atoms with van der Waals surface area (Å²) in [5.41, 5.74) is 5.59. The molecular weight excluding hydrogens is 207 g/mol. The molecule has 0 unspecified atom stereocenters. The van der Waals surface area contributed by atoms with Gasteiger partial charge in [-0.3, -0.25) is 0 Å². The maximum atomic E-state index is 10.3. The number of primary amides is 1. The van der Waals surface area contributed by atoms with Gasteiger partial charge in [0.1, 0.15) is 0 Å². The Labute approximate surface area is 81.3 Å². The van der Waals surface area contributed by atoms with E-state index < -0.39 is 14.3 Å². The highest BCUT2D eigenvalue weighted by Gasteiger charge is 1.93. The molecule has 0 bridgehead atoms. The van der Waals surface area contributed by atoms with Crippen LogP contribution in [0.15, 0.2) is 30.3 Å². The molecule has 14 heavy (non-hydrogen) atoms. The average Bonchev–Trinajstić information content (AvgIpc) is 2.03. The Morgan fingerprint density at radius 2 is 1.71 bits per heavy atom. The molecule has 0 aliphatic rings. The van der Waals surface area contributed by atoms with Gasteiger partial charge in [0.25, 0.3) is 0 Å². The molecule has 2 amide bonds. The van der Waals surface area contributed by atoms with Crippen molar-refractivity contribution in [2.75, 3.05) is 5.32 Å². The molecule has 0 aliphatic heterocycles. The third kappa shape index (κ3) is 8.61. The van der Waals surface area contributed by atoms with Gasteiger partial charge in [-0.15, -0.1) is 9.79 Å². The highest BCUT2D eigenvalue weighted by atomic mass is 31.1. The summed E-state index contributed by atoms with van der Waals surface area (Å²) in [5.74, 6) is 0. The molecule has 0 aromatic heterocycles. The fourth-order valence-electron chi connectivity index (χ4n) is 0.664. The van der Waals surface area contributed by atoms with Crippen molar-refractivity contribution in [1.29, 1.82) is 0 Å². The maximum Gasteiger partial charge on any atom is 0.692 e. The minimum absolute atomic E-state index is 0.536. The van der Waals surface area contributed by atoms with E-state index >= 15 is 0 Å². The van der Waals surface area contributed by atoms with Gasteiger partial charge in [-0.1, -0.05) is 18.2 Å². The standard InChI is InChI=1S/C7H8N2O.HO3P/c8-7(10)9-6-4-2-1-3-5-6;1-4(2)3/h1-5H,(H3,8,9,10);(H-,1,2,3)/p+1. The molecule has 1 rings (SSSR count). The first-order chi connectivity index (χ1) is 6.52.